The summed E-state index contributed by atoms with van der Waals surface area (Å²) in [6.07, 6.45) is 0. The van der Waals surface area contributed by atoms with Gasteiger partial charge < -0.3 is 0 Å². The van der Waals surface area contributed by atoms with Crippen LogP contribution in [0.3, 0.4) is 0 Å². The van der Waals surface area contributed by atoms with E-state index in [2.05, 4.69) is 20.1 Å². The fourth-order valence-electron chi connectivity index (χ4n) is 1.17. The Bertz CT molecular complexity index is 411. The number of nitrogens with zero attached hydrogens (tertiary/aromatic N) is 6. The third-order valence-electron chi connectivity index (χ3n) is 1.97. The molecule has 15 heavy (non-hydrogen) atoms. The van der Waals surface area contributed by atoms with Crippen molar-refractivity contribution in [3.63, 3.8) is 0 Å². The summed E-state index contributed by atoms with van der Waals surface area (Å²) in [4.78, 5) is 5.37. The number of rotatable bonds is 4. The number of azide groups is 2. The van der Waals surface area contributed by atoms with Crippen molar-refractivity contribution in [2.45, 2.75) is 13.0 Å². The van der Waals surface area contributed by atoms with Gasteiger partial charge >= 0.3 is 0 Å². The second-order valence-corrected chi connectivity index (χ2v) is 3.04. The van der Waals surface area contributed by atoms with Gasteiger partial charge in [-0.25, -0.2) is 0 Å². The van der Waals surface area contributed by atoms with Gasteiger partial charge in [0.1, 0.15) is 0 Å². The molecule has 0 saturated heterocycles. The summed E-state index contributed by atoms with van der Waals surface area (Å²) in [7, 11) is 0. The van der Waals surface area contributed by atoms with Crippen molar-refractivity contribution in [2.24, 2.45) is 10.2 Å². The summed E-state index contributed by atoms with van der Waals surface area (Å²) in [6, 6.07) is 7.14. The van der Waals surface area contributed by atoms with Crippen molar-refractivity contribution < 1.29 is 0 Å². The molecule has 0 fully saturated rings. The third kappa shape index (κ3) is 3.23. The van der Waals surface area contributed by atoms with E-state index in [1.165, 1.54) is 0 Å². The molecule has 1 aromatic carbocycles. The maximum Gasteiger partial charge on any atom is 0.0681 e. The van der Waals surface area contributed by atoms with Gasteiger partial charge in [0.15, 0.2) is 0 Å². The molecule has 1 rings (SSSR count). The molecule has 1 atom stereocenters. The van der Waals surface area contributed by atoms with E-state index in [1.54, 1.807) is 0 Å². The van der Waals surface area contributed by atoms with E-state index in [0.717, 1.165) is 11.1 Å². The minimum atomic E-state index is -0.425. The van der Waals surface area contributed by atoms with Crippen LogP contribution in [0.15, 0.2) is 34.5 Å². The first kappa shape index (κ1) is 10.9. The summed E-state index contributed by atoms with van der Waals surface area (Å²) in [5.41, 5.74) is 18.6. The third-order valence-corrected chi connectivity index (χ3v) is 1.97. The number of hydrogen-bond acceptors (Lipinski definition) is 2. The van der Waals surface area contributed by atoms with Crippen molar-refractivity contribution >= 4 is 0 Å². The Labute approximate surface area is 86.8 Å². The first-order valence-corrected chi connectivity index (χ1v) is 4.39. The van der Waals surface area contributed by atoms with Crippen LogP contribution in [-0.4, -0.2) is 6.54 Å². The van der Waals surface area contributed by atoms with Crippen LogP contribution in [0.2, 0.25) is 0 Å². The predicted octanol–water partition coefficient (Wildman–Crippen LogP) is 3.66. The van der Waals surface area contributed by atoms with Gasteiger partial charge in [-0.2, -0.15) is 0 Å². The van der Waals surface area contributed by atoms with Gasteiger partial charge in [-0.15, -0.1) is 0 Å². The molecule has 6 heteroatoms. The zero-order valence-electron chi connectivity index (χ0n) is 8.28. The van der Waals surface area contributed by atoms with E-state index in [0.29, 0.717) is 0 Å². The van der Waals surface area contributed by atoms with Crippen LogP contribution in [-0.2, 0) is 0 Å². The predicted molar refractivity (Wildman–Crippen MR) is 57.1 cm³/mol. The summed E-state index contributed by atoms with van der Waals surface area (Å²) in [5.74, 6) is 0. The number of benzene rings is 1. The van der Waals surface area contributed by atoms with Crippen LogP contribution in [0.25, 0.3) is 20.9 Å². The van der Waals surface area contributed by atoms with Crippen molar-refractivity contribution in [1.29, 1.82) is 0 Å². The van der Waals surface area contributed by atoms with E-state index in [1.807, 2.05) is 31.2 Å². The van der Waals surface area contributed by atoms with Crippen LogP contribution < -0.4 is 0 Å². The molecule has 0 N–H and O–H groups in total. The van der Waals surface area contributed by atoms with Crippen molar-refractivity contribution in [1.82, 2.24) is 0 Å². The lowest BCUT2D eigenvalue weighted by Crippen LogP contribution is -1.97. The van der Waals surface area contributed by atoms with Crippen LogP contribution >= 0.6 is 0 Å². The molecular weight excluding hydrogens is 192 g/mol. The Morgan fingerprint density at radius 1 is 1.20 bits per heavy atom. The maximum atomic E-state index is 8.38. The number of hydrogen-bond donors (Lipinski definition) is 0. The maximum absolute atomic E-state index is 8.38. The molecule has 0 bridgehead atoms. The highest BCUT2D eigenvalue weighted by atomic mass is 15.2. The molecule has 0 heterocycles. The van der Waals surface area contributed by atoms with Gasteiger partial charge in [0.2, 0.25) is 0 Å². The van der Waals surface area contributed by atoms with Gasteiger partial charge in [-0.05, 0) is 23.5 Å². The Kier molecular flexibility index (Phi) is 4.04. The summed E-state index contributed by atoms with van der Waals surface area (Å²) < 4.78 is 0. The van der Waals surface area contributed by atoms with Crippen molar-refractivity contribution in [3.8, 4) is 0 Å². The average molecular weight is 202 g/mol. The molecule has 0 radical (unpaired) electrons. The Balaban J connectivity index is 2.92. The fourth-order valence-corrected chi connectivity index (χ4v) is 1.17. The van der Waals surface area contributed by atoms with E-state index < -0.39 is 6.04 Å². The molecule has 76 valence electrons. The Morgan fingerprint density at radius 3 is 2.40 bits per heavy atom. The lowest BCUT2D eigenvalue weighted by atomic mass is 10.1. The topological polar surface area (TPSA) is 97.5 Å². The lowest BCUT2D eigenvalue weighted by Gasteiger charge is -2.07. The van der Waals surface area contributed by atoms with E-state index in [4.69, 9.17) is 11.1 Å². The van der Waals surface area contributed by atoms with Crippen molar-refractivity contribution in [2.75, 3.05) is 6.54 Å². The molecule has 1 unspecified atom stereocenters. The van der Waals surface area contributed by atoms with Gasteiger partial charge in [0.25, 0.3) is 0 Å². The van der Waals surface area contributed by atoms with E-state index in [9.17, 15) is 0 Å². The highest BCUT2D eigenvalue weighted by molar-refractivity contribution is 5.24. The molecule has 6 nitrogen and oxygen atoms in total. The highest BCUT2D eigenvalue weighted by Gasteiger charge is 2.07. The smallest absolute Gasteiger partial charge is 0.0681 e. The molecule has 0 aliphatic carbocycles. The molecule has 0 aliphatic heterocycles. The fraction of sp³-hybridized carbons (Fsp3) is 0.333. The Morgan fingerprint density at radius 2 is 1.87 bits per heavy atom. The van der Waals surface area contributed by atoms with Crippen LogP contribution in [0, 0.1) is 6.92 Å². The van der Waals surface area contributed by atoms with Gasteiger partial charge in [-0.3, -0.25) is 0 Å². The van der Waals surface area contributed by atoms with Crippen LogP contribution in [0.5, 0.6) is 0 Å². The normalized spacial score (nSPS) is 11.0. The standard InChI is InChI=1S/C9H10N6/c1-7-2-4-8(5-3-7)9(13-15-11)6-12-14-10/h2-5,9H,6H2,1H3. The number of aryl methyl sites for hydroxylation is 1. The second-order valence-electron chi connectivity index (χ2n) is 3.04. The second kappa shape index (κ2) is 5.54. The Hall–Kier alpha value is -2.16. The summed E-state index contributed by atoms with van der Waals surface area (Å²) in [5, 5.41) is 6.98. The van der Waals surface area contributed by atoms with Gasteiger partial charge in [0, 0.05) is 16.4 Å². The van der Waals surface area contributed by atoms with Crippen molar-refractivity contribution in [3.05, 3.63) is 56.3 Å². The molecule has 0 aliphatic rings. The first-order valence-electron chi connectivity index (χ1n) is 4.39. The molecule has 0 amide bonds. The zero-order chi connectivity index (χ0) is 11.1. The SMILES string of the molecule is Cc1ccc(C(CN=[N+]=[N-])N=[N+]=[N-])cc1. The van der Waals surface area contributed by atoms with Crippen LogP contribution in [0.1, 0.15) is 17.2 Å². The molecule has 0 aromatic heterocycles. The van der Waals surface area contributed by atoms with Gasteiger partial charge in [-0.1, -0.05) is 40.1 Å². The van der Waals surface area contributed by atoms with E-state index in [-0.39, 0.29) is 6.54 Å². The minimum absolute atomic E-state index is 0.142. The lowest BCUT2D eigenvalue weighted by molar-refractivity contribution is 0.726. The molecule has 0 spiro atoms. The molecule has 0 saturated carbocycles. The molecule has 1 aromatic rings. The van der Waals surface area contributed by atoms with Gasteiger partial charge in [0.05, 0.1) is 6.04 Å². The largest absolute Gasteiger partial charge is 0.0932 e. The summed E-state index contributed by atoms with van der Waals surface area (Å²) >= 11 is 0. The molecular formula is C9H10N6. The zero-order valence-corrected chi connectivity index (χ0v) is 8.28. The first-order chi connectivity index (χ1) is 7.27. The highest BCUT2D eigenvalue weighted by Crippen LogP contribution is 2.18. The minimum Gasteiger partial charge on any atom is -0.0932 e. The van der Waals surface area contributed by atoms with Crippen LogP contribution in [0.4, 0.5) is 0 Å². The monoisotopic (exact) mass is 202 g/mol. The quantitative estimate of drug-likeness (QED) is 0.404. The van der Waals surface area contributed by atoms with E-state index >= 15 is 0 Å². The summed E-state index contributed by atoms with van der Waals surface area (Å²) in [6.45, 7) is 2.11. The average Bonchev–Trinajstić information content (AvgIpc) is 2.25.